The number of benzene rings is 1. The minimum absolute atomic E-state index is 0.314. The fourth-order valence-corrected chi connectivity index (χ4v) is 1.05. The second kappa shape index (κ2) is 6.15. The van der Waals surface area contributed by atoms with Crippen molar-refractivity contribution < 1.29 is 18.3 Å². The van der Waals surface area contributed by atoms with Crippen molar-refractivity contribution in [2.24, 2.45) is 5.73 Å². The molecule has 1 aromatic carbocycles. The Morgan fingerprint density at radius 2 is 2.00 bits per heavy atom. The van der Waals surface area contributed by atoms with Crippen LogP contribution in [-0.4, -0.2) is 25.0 Å². The van der Waals surface area contributed by atoms with Crippen LogP contribution in [0.5, 0.6) is 5.75 Å². The van der Waals surface area contributed by atoms with E-state index in [0.29, 0.717) is 11.4 Å². The monoisotopic (exact) mass is 244 g/mol. The van der Waals surface area contributed by atoms with Gasteiger partial charge in [0.15, 0.2) is 0 Å². The Morgan fingerprint density at radius 3 is 2.47 bits per heavy atom. The van der Waals surface area contributed by atoms with Crippen molar-refractivity contribution in [2.45, 2.75) is 19.4 Å². The minimum Gasteiger partial charge on any atom is -0.488 e. The molecule has 0 heterocycles. The van der Waals surface area contributed by atoms with Crippen molar-refractivity contribution >= 4 is 11.6 Å². The van der Waals surface area contributed by atoms with Crippen LogP contribution in [0.2, 0.25) is 0 Å². The molecule has 0 aliphatic carbocycles. The minimum atomic E-state index is -2.51. The number of rotatable bonds is 5. The topological polar surface area (TPSA) is 64.4 Å². The number of hydrogen-bond donors (Lipinski definition) is 2. The van der Waals surface area contributed by atoms with Gasteiger partial charge < -0.3 is 15.8 Å². The summed E-state index contributed by atoms with van der Waals surface area (Å²) in [7, 11) is 0. The molecule has 6 heteroatoms. The molecule has 0 aromatic heterocycles. The number of carbonyl (C=O) groups excluding carboxylic acids is 1. The number of carbonyl (C=O) groups is 1. The lowest BCUT2D eigenvalue weighted by Crippen LogP contribution is -2.32. The Bertz CT molecular complexity index is 366. The van der Waals surface area contributed by atoms with Crippen LogP contribution in [0.15, 0.2) is 24.3 Å². The van der Waals surface area contributed by atoms with Crippen LogP contribution in [0.3, 0.4) is 0 Å². The van der Waals surface area contributed by atoms with Crippen LogP contribution >= 0.6 is 0 Å². The average Bonchev–Trinajstić information content (AvgIpc) is 2.28. The van der Waals surface area contributed by atoms with Crippen LogP contribution < -0.4 is 15.8 Å². The van der Waals surface area contributed by atoms with E-state index in [9.17, 15) is 13.6 Å². The Morgan fingerprint density at radius 1 is 1.41 bits per heavy atom. The standard InChI is InChI=1S/C11H14F2N2O2/c1-7(14)11(16)15-8-2-4-9(5-3-8)17-6-10(12)13/h2-5,7,10H,6,14H2,1H3,(H,15,16)/t7-/m1/s1. The van der Waals surface area contributed by atoms with Gasteiger partial charge in [0.05, 0.1) is 6.04 Å². The molecule has 0 unspecified atom stereocenters. The van der Waals surface area contributed by atoms with Crippen LogP contribution in [0.4, 0.5) is 14.5 Å². The summed E-state index contributed by atoms with van der Waals surface area (Å²) in [5, 5.41) is 2.57. The van der Waals surface area contributed by atoms with Crippen molar-refractivity contribution in [3.63, 3.8) is 0 Å². The van der Waals surface area contributed by atoms with Gasteiger partial charge in [-0.2, -0.15) is 0 Å². The first kappa shape index (κ1) is 13.4. The lowest BCUT2D eigenvalue weighted by atomic mass is 10.2. The molecule has 0 radical (unpaired) electrons. The first-order chi connectivity index (χ1) is 7.99. The van der Waals surface area contributed by atoms with Crippen molar-refractivity contribution in [1.82, 2.24) is 0 Å². The quantitative estimate of drug-likeness (QED) is 0.827. The molecule has 1 atom stereocenters. The summed E-state index contributed by atoms with van der Waals surface area (Å²) in [5.74, 6) is 0.00958. The molecule has 0 aliphatic heterocycles. The number of alkyl halides is 2. The second-order valence-corrected chi connectivity index (χ2v) is 3.50. The van der Waals surface area contributed by atoms with Gasteiger partial charge in [-0.25, -0.2) is 8.78 Å². The molecule has 0 spiro atoms. The molecule has 0 bridgehead atoms. The summed E-state index contributed by atoms with van der Waals surface area (Å²) >= 11 is 0. The molecule has 0 aliphatic rings. The molecule has 0 fully saturated rings. The number of anilines is 1. The van der Waals surface area contributed by atoms with Gasteiger partial charge in [-0.3, -0.25) is 4.79 Å². The summed E-state index contributed by atoms with van der Waals surface area (Å²) < 4.78 is 28.5. The van der Waals surface area contributed by atoms with Gasteiger partial charge in [-0.05, 0) is 31.2 Å². The predicted octanol–water partition coefficient (Wildman–Crippen LogP) is 1.62. The normalized spacial score (nSPS) is 12.3. The molecule has 17 heavy (non-hydrogen) atoms. The smallest absolute Gasteiger partial charge is 0.272 e. The molecule has 4 nitrogen and oxygen atoms in total. The third kappa shape index (κ3) is 4.78. The SMILES string of the molecule is C[C@@H](N)C(=O)Nc1ccc(OCC(F)F)cc1. The molecular weight excluding hydrogens is 230 g/mol. The fourth-order valence-electron chi connectivity index (χ4n) is 1.05. The maximum absolute atomic E-state index is 11.9. The van der Waals surface area contributed by atoms with E-state index in [1.165, 1.54) is 12.1 Å². The third-order valence-corrected chi connectivity index (χ3v) is 1.91. The number of halogens is 2. The van der Waals surface area contributed by atoms with Gasteiger partial charge in [0.25, 0.3) is 6.43 Å². The Kier molecular flexibility index (Phi) is 4.84. The van der Waals surface area contributed by atoms with Gasteiger partial charge >= 0.3 is 0 Å². The van der Waals surface area contributed by atoms with E-state index in [-0.39, 0.29) is 5.91 Å². The summed E-state index contributed by atoms with van der Waals surface area (Å²) in [6, 6.07) is 5.50. The zero-order valence-electron chi connectivity index (χ0n) is 9.32. The highest BCUT2D eigenvalue weighted by atomic mass is 19.3. The highest BCUT2D eigenvalue weighted by molar-refractivity contribution is 5.94. The fraction of sp³-hybridized carbons (Fsp3) is 0.364. The van der Waals surface area contributed by atoms with E-state index in [0.717, 1.165) is 0 Å². The molecule has 1 rings (SSSR count). The van der Waals surface area contributed by atoms with E-state index < -0.39 is 19.1 Å². The van der Waals surface area contributed by atoms with Gasteiger partial charge in [-0.1, -0.05) is 0 Å². The van der Waals surface area contributed by atoms with E-state index in [1.807, 2.05) is 0 Å². The van der Waals surface area contributed by atoms with E-state index in [1.54, 1.807) is 19.1 Å². The number of nitrogens with one attached hydrogen (secondary N) is 1. The van der Waals surface area contributed by atoms with Gasteiger partial charge in [0.1, 0.15) is 12.4 Å². The average molecular weight is 244 g/mol. The van der Waals surface area contributed by atoms with Crippen LogP contribution in [0.25, 0.3) is 0 Å². The highest BCUT2D eigenvalue weighted by Gasteiger charge is 2.07. The number of nitrogens with two attached hydrogens (primary N) is 1. The second-order valence-electron chi connectivity index (χ2n) is 3.50. The van der Waals surface area contributed by atoms with Crippen molar-refractivity contribution in [2.75, 3.05) is 11.9 Å². The van der Waals surface area contributed by atoms with Gasteiger partial charge in [-0.15, -0.1) is 0 Å². The lowest BCUT2D eigenvalue weighted by Gasteiger charge is -2.09. The summed E-state index contributed by atoms with van der Waals surface area (Å²) in [5.41, 5.74) is 5.91. The summed E-state index contributed by atoms with van der Waals surface area (Å²) in [6.07, 6.45) is -2.51. The first-order valence-corrected chi connectivity index (χ1v) is 5.06. The van der Waals surface area contributed by atoms with Crippen LogP contribution in [0, 0.1) is 0 Å². The van der Waals surface area contributed by atoms with Crippen LogP contribution in [-0.2, 0) is 4.79 Å². The zero-order chi connectivity index (χ0) is 12.8. The maximum Gasteiger partial charge on any atom is 0.272 e. The Labute approximate surface area is 97.8 Å². The number of hydrogen-bond acceptors (Lipinski definition) is 3. The molecule has 0 saturated carbocycles. The lowest BCUT2D eigenvalue weighted by molar-refractivity contribution is -0.117. The third-order valence-electron chi connectivity index (χ3n) is 1.91. The molecule has 0 saturated heterocycles. The van der Waals surface area contributed by atoms with Gasteiger partial charge in [0, 0.05) is 5.69 Å². The van der Waals surface area contributed by atoms with Gasteiger partial charge in [0.2, 0.25) is 5.91 Å². The Balaban J connectivity index is 2.53. The molecule has 1 aromatic rings. The molecule has 1 amide bonds. The van der Waals surface area contributed by atoms with E-state index in [2.05, 4.69) is 5.32 Å². The van der Waals surface area contributed by atoms with Crippen molar-refractivity contribution in [3.05, 3.63) is 24.3 Å². The van der Waals surface area contributed by atoms with Crippen molar-refractivity contribution in [1.29, 1.82) is 0 Å². The number of amides is 1. The zero-order valence-corrected chi connectivity index (χ0v) is 9.32. The first-order valence-electron chi connectivity index (χ1n) is 5.06. The largest absolute Gasteiger partial charge is 0.488 e. The van der Waals surface area contributed by atoms with Crippen molar-refractivity contribution in [3.8, 4) is 5.75 Å². The molecular formula is C11H14F2N2O2. The van der Waals surface area contributed by atoms with E-state index in [4.69, 9.17) is 10.5 Å². The van der Waals surface area contributed by atoms with Crippen LogP contribution in [0.1, 0.15) is 6.92 Å². The van der Waals surface area contributed by atoms with E-state index >= 15 is 0 Å². The maximum atomic E-state index is 11.9. The Hall–Kier alpha value is -1.69. The molecule has 94 valence electrons. The summed E-state index contributed by atoms with van der Waals surface area (Å²) in [6.45, 7) is 0.918. The predicted molar refractivity (Wildman–Crippen MR) is 60.2 cm³/mol. The highest BCUT2D eigenvalue weighted by Crippen LogP contribution is 2.16. The molecule has 3 N–H and O–H groups in total. The number of ether oxygens (including phenoxy) is 1. The summed E-state index contributed by atoms with van der Waals surface area (Å²) in [4.78, 5) is 11.2.